The molecule has 0 radical (unpaired) electrons. The van der Waals surface area contributed by atoms with Gasteiger partial charge in [0.1, 0.15) is 0 Å². The summed E-state index contributed by atoms with van der Waals surface area (Å²) < 4.78 is 0. The fourth-order valence-electron chi connectivity index (χ4n) is 4.57. The molecule has 1 unspecified atom stereocenters. The Labute approximate surface area is 162 Å². The molecule has 1 atom stereocenters. The van der Waals surface area contributed by atoms with Gasteiger partial charge in [-0.05, 0) is 43.7 Å². The molecule has 1 aromatic heterocycles. The first-order valence-electron chi connectivity index (χ1n) is 9.56. The van der Waals surface area contributed by atoms with Crippen molar-refractivity contribution in [2.75, 3.05) is 30.3 Å². The highest BCUT2D eigenvalue weighted by molar-refractivity contribution is 7.15. The molecule has 0 saturated carbocycles. The Bertz CT molecular complexity index is 901. The van der Waals surface area contributed by atoms with Gasteiger partial charge in [-0.2, -0.15) is 0 Å². The summed E-state index contributed by atoms with van der Waals surface area (Å²) in [6.45, 7) is 1.61. The second-order valence-corrected chi connectivity index (χ2v) is 8.77. The van der Waals surface area contributed by atoms with Crippen molar-refractivity contribution < 1.29 is 9.59 Å². The highest BCUT2D eigenvalue weighted by Crippen LogP contribution is 2.43. The summed E-state index contributed by atoms with van der Waals surface area (Å²) in [4.78, 5) is 33.1. The van der Waals surface area contributed by atoms with Crippen LogP contribution in [0.1, 0.15) is 35.4 Å². The normalized spacial score (nSPS) is 23.9. The topological polar surface area (TPSA) is 74.3 Å². The van der Waals surface area contributed by atoms with E-state index in [4.69, 9.17) is 0 Å². The lowest BCUT2D eigenvalue weighted by atomic mass is 9.81. The van der Waals surface area contributed by atoms with Gasteiger partial charge in [-0.15, -0.1) is 11.3 Å². The Hall–Kier alpha value is -2.25. The number of nitrogens with one attached hydrogen (secondary N) is 2. The number of aromatic nitrogens is 1. The smallest absolute Gasteiger partial charge is 0.240 e. The summed E-state index contributed by atoms with van der Waals surface area (Å²) in [6, 6.07) is 7.88. The number of carbonyl (C=O) groups is 2. The third-order valence-electron chi connectivity index (χ3n) is 5.93. The van der Waals surface area contributed by atoms with Crippen LogP contribution < -0.4 is 10.6 Å². The van der Waals surface area contributed by atoms with Crippen LogP contribution in [0.5, 0.6) is 0 Å². The number of nitrogens with zero attached hydrogens (tertiary/aromatic N) is 2. The fraction of sp³-hybridized carbons (Fsp3) is 0.450. The number of amides is 2. The SMILES string of the molecule is O=C(CN1CCC2(C1)C(=O)Nc1ccccc12)Nc1nc2c(s1)CCCC2. The van der Waals surface area contributed by atoms with Crippen molar-refractivity contribution in [3.05, 3.63) is 40.4 Å². The van der Waals surface area contributed by atoms with E-state index in [1.807, 2.05) is 24.3 Å². The monoisotopic (exact) mass is 382 g/mol. The van der Waals surface area contributed by atoms with Gasteiger partial charge < -0.3 is 10.6 Å². The van der Waals surface area contributed by atoms with Crippen LogP contribution in [-0.2, 0) is 27.8 Å². The molecule has 27 heavy (non-hydrogen) atoms. The molecule has 1 aromatic carbocycles. The summed E-state index contributed by atoms with van der Waals surface area (Å²) in [5, 5.41) is 6.67. The van der Waals surface area contributed by atoms with Crippen LogP contribution in [0.4, 0.5) is 10.8 Å². The Morgan fingerprint density at radius 3 is 3.04 bits per heavy atom. The van der Waals surface area contributed by atoms with Gasteiger partial charge in [0.15, 0.2) is 5.13 Å². The molecule has 2 amide bonds. The van der Waals surface area contributed by atoms with Crippen molar-refractivity contribution >= 4 is 34.0 Å². The largest absolute Gasteiger partial charge is 0.325 e. The zero-order valence-electron chi connectivity index (χ0n) is 15.1. The number of carbonyl (C=O) groups excluding carboxylic acids is 2. The first kappa shape index (κ1) is 16.9. The summed E-state index contributed by atoms with van der Waals surface area (Å²) in [5.74, 6) is 0.00374. The van der Waals surface area contributed by atoms with Gasteiger partial charge in [0.25, 0.3) is 0 Å². The summed E-state index contributed by atoms with van der Waals surface area (Å²) in [7, 11) is 0. The van der Waals surface area contributed by atoms with E-state index < -0.39 is 5.41 Å². The van der Waals surface area contributed by atoms with Gasteiger partial charge in [-0.25, -0.2) is 4.98 Å². The maximum Gasteiger partial charge on any atom is 0.240 e. The highest BCUT2D eigenvalue weighted by Gasteiger charge is 2.51. The molecule has 140 valence electrons. The van der Waals surface area contributed by atoms with Crippen molar-refractivity contribution in [2.45, 2.75) is 37.5 Å². The van der Waals surface area contributed by atoms with E-state index in [2.05, 4.69) is 20.5 Å². The van der Waals surface area contributed by atoms with Crippen LogP contribution in [0.3, 0.4) is 0 Å². The maximum atomic E-state index is 12.6. The third-order valence-corrected chi connectivity index (χ3v) is 7.01. The molecule has 3 heterocycles. The fourth-order valence-corrected chi connectivity index (χ4v) is 5.64. The predicted molar refractivity (Wildman–Crippen MR) is 105 cm³/mol. The van der Waals surface area contributed by atoms with E-state index in [0.29, 0.717) is 18.2 Å². The summed E-state index contributed by atoms with van der Waals surface area (Å²) in [6.07, 6.45) is 5.23. The minimum absolute atomic E-state index is 0.0511. The maximum absolute atomic E-state index is 12.6. The highest BCUT2D eigenvalue weighted by atomic mass is 32.1. The number of thiazole rings is 1. The predicted octanol–water partition coefficient (Wildman–Crippen LogP) is 2.56. The van der Waals surface area contributed by atoms with Crippen LogP contribution in [-0.4, -0.2) is 41.3 Å². The lowest BCUT2D eigenvalue weighted by molar-refractivity contribution is -0.121. The van der Waals surface area contributed by atoms with Crippen molar-refractivity contribution in [3.63, 3.8) is 0 Å². The molecule has 2 aromatic rings. The Kier molecular flexibility index (Phi) is 4.02. The van der Waals surface area contributed by atoms with Crippen molar-refractivity contribution in [1.82, 2.24) is 9.88 Å². The van der Waals surface area contributed by atoms with Crippen LogP contribution >= 0.6 is 11.3 Å². The number of anilines is 2. The van der Waals surface area contributed by atoms with Crippen LogP contribution in [0.15, 0.2) is 24.3 Å². The number of para-hydroxylation sites is 1. The third kappa shape index (κ3) is 2.85. The zero-order chi connectivity index (χ0) is 18.4. The number of fused-ring (bicyclic) bond motifs is 3. The molecule has 7 heteroatoms. The number of likely N-dealkylation sites (tertiary alicyclic amines) is 1. The van der Waals surface area contributed by atoms with Gasteiger partial charge in [-0.3, -0.25) is 14.5 Å². The summed E-state index contributed by atoms with van der Waals surface area (Å²) >= 11 is 1.61. The van der Waals surface area contributed by atoms with E-state index in [-0.39, 0.29) is 11.8 Å². The van der Waals surface area contributed by atoms with Crippen molar-refractivity contribution in [3.8, 4) is 0 Å². The molecule has 2 N–H and O–H groups in total. The number of hydrogen-bond acceptors (Lipinski definition) is 5. The summed E-state index contributed by atoms with van der Waals surface area (Å²) in [5.41, 5.74) is 2.60. The zero-order valence-corrected chi connectivity index (χ0v) is 15.9. The Morgan fingerprint density at radius 2 is 2.15 bits per heavy atom. The van der Waals surface area contributed by atoms with E-state index in [0.717, 1.165) is 42.8 Å². The minimum atomic E-state index is -0.517. The lowest BCUT2D eigenvalue weighted by Gasteiger charge is -2.22. The molecule has 0 bridgehead atoms. The van der Waals surface area contributed by atoms with E-state index >= 15 is 0 Å². The van der Waals surface area contributed by atoms with E-state index in [9.17, 15) is 9.59 Å². The molecule has 1 aliphatic carbocycles. The van der Waals surface area contributed by atoms with Crippen LogP contribution in [0.25, 0.3) is 0 Å². The number of aryl methyl sites for hydroxylation is 2. The first-order valence-corrected chi connectivity index (χ1v) is 10.4. The van der Waals surface area contributed by atoms with Crippen molar-refractivity contribution in [2.24, 2.45) is 0 Å². The van der Waals surface area contributed by atoms with Gasteiger partial charge in [0, 0.05) is 23.7 Å². The molecule has 1 spiro atoms. The average Bonchev–Trinajstić information content (AvgIpc) is 3.32. The molecule has 1 saturated heterocycles. The van der Waals surface area contributed by atoms with Crippen molar-refractivity contribution in [1.29, 1.82) is 0 Å². The molecule has 2 aliphatic heterocycles. The number of rotatable bonds is 3. The van der Waals surface area contributed by atoms with Crippen LogP contribution in [0.2, 0.25) is 0 Å². The van der Waals surface area contributed by atoms with Gasteiger partial charge in [0.2, 0.25) is 11.8 Å². The Morgan fingerprint density at radius 1 is 1.30 bits per heavy atom. The van der Waals surface area contributed by atoms with Gasteiger partial charge in [-0.1, -0.05) is 18.2 Å². The lowest BCUT2D eigenvalue weighted by Crippen LogP contribution is -2.39. The molecule has 6 nitrogen and oxygen atoms in total. The molecule has 3 aliphatic rings. The van der Waals surface area contributed by atoms with E-state index in [1.54, 1.807) is 11.3 Å². The van der Waals surface area contributed by atoms with E-state index in [1.165, 1.54) is 17.7 Å². The molecule has 5 rings (SSSR count). The van der Waals surface area contributed by atoms with Crippen LogP contribution in [0, 0.1) is 0 Å². The van der Waals surface area contributed by atoms with Gasteiger partial charge >= 0.3 is 0 Å². The number of benzene rings is 1. The Balaban J connectivity index is 1.26. The average molecular weight is 382 g/mol. The minimum Gasteiger partial charge on any atom is -0.325 e. The second kappa shape index (κ2) is 6.42. The molecule has 1 fully saturated rings. The standard InChI is InChI=1S/C20H22N4O2S/c25-17(23-19-22-15-7-3-4-8-16(15)27-19)11-24-10-9-20(12-24)13-5-1-2-6-14(13)21-18(20)26/h1-2,5-6H,3-4,7-12H2,(H,21,26)(H,22,23,25). The number of hydrogen-bond donors (Lipinski definition) is 2. The quantitative estimate of drug-likeness (QED) is 0.856. The first-order chi connectivity index (χ1) is 13.1. The molecular formula is C20H22N4O2S. The van der Waals surface area contributed by atoms with Gasteiger partial charge in [0.05, 0.1) is 17.7 Å². The second-order valence-electron chi connectivity index (χ2n) is 7.69. The molecular weight excluding hydrogens is 360 g/mol.